The first-order chi connectivity index (χ1) is 12.1. The van der Waals surface area contributed by atoms with Gasteiger partial charge in [0.1, 0.15) is 12.0 Å². The maximum Gasteiger partial charge on any atom is 0.371 e. The van der Waals surface area contributed by atoms with Crippen LogP contribution in [0, 0.1) is 15.9 Å². The number of benzene rings is 1. The van der Waals surface area contributed by atoms with Crippen molar-refractivity contribution in [2.24, 2.45) is 0 Å². The molecule has 0 bridgehead atoms. The molecule has 0 aliphatic heterocycles. The van der Waals surface area contributed by atoms with Gasteiger partial charge in [0.15, 0.2) is 0 Å². The van der Waals surface area contributed by atoms with Crippen LogP contribution in [0.2, 0.25) is 0 Å². The van der Waals surface area contributed by atoms with Crippen molar-refractivity contribution in [3.05, 3.63) is 89.1 Å². The van der Waals surface area contributed by atoms with E-state index in [2.05, 4.69) is 4.98 Å². The highest BCUT2D eigenvalue weighted by Crippen LogP contribution is 2.30. The summed E-state index contributed by atoms with van der Waals surface area (Å²) in [7, 11) is 0. The van der Waals surface area contributed by atoms with Crippen LogP contribution in [0.3, 0.4) is 0 Å². The predicted molar refractivity (Wildman–Crippen MR) is 92.7 cm³/mol. The molecule has 4 aromatic rings. The van der Waals surface area contributed by atoms with Gasteiger partial charge in [-0.3, -0.25) is 0 Å². The van der Waals surface area contributed by atoms with E-state index in [0.29, 0.717) is 5.56 Å². The number of aromatic nitrogens is 2. The van der Waals surface area contributed by atoms with E-state index in [4.69, 9.17) is 0 Å². The van der Waals surface area contributed by atoms with Gasteiger partial charge in [0.05, 0.1) is 5.56 Å². The summed E-state index contributed by atoms with van der Waals surface area (Å²) >= 11 is 0. The minimum absolute atomic E-state index is 0.169. The maximum atomic E-state index is 13.1. The van der Waals surface area contributed by atoms with E-state index in [1.807, 2.05) is 35.0 Å². The van der Waals surface area contributed by atoms with Crippen LogP contribution in [0.15, 0.2) is 73.2 Å². The topological polar surface area (TPSA) is 60.4 Å². The van der Waals surface area contributed by atoms with Crippen LogP contribution in [0.5, 0.6) is 0 Å². The first-order valence-electron chi connectivity index (χ1n) is 7.59. The number of fused-ring (bicyclic) bond motifs is 1. The largest absolute Gasteiger partial charge is 0.371 e. The van der Waals surface area contributed by atoms with Crippen LogP contribution in [0.4, 0.5) is 10.2 Å². The number of hydrogen-bond acceptors (Lipinski definition) is 3. The lowest BCUT2D eigenvalue weighted by atomic mass is 10.1. The molecule has 0 unspecified atom stereocenters. The van der Waals surface area contributed by atoms with Crippen molar-refractivity contribution in [2.75, 3.05) is 0 Å². The summed E-state index contributed by atoms with van der Waals surface area (Å²) in [4.78, 5) is 14.6. The van der Waals surface area contributed by atoms with E-state index < -0.39 is 4.92 Å². The molecule has 1 aromatic carbocycles. The smallest absolute Gasteiger partial charge is 0.358 e. The molecular formula is C19H12FN3O2. The Morgan fingerprint density at radius 2 is 1.68 bits per heavy atom. The molecular weight excluding hydrogens is 321 g/mol. The van der Waals surface area contributed by atoms with E-state index in [1.54, 1.807) is 24.3 Å². The van der Waals surface area contributed by atoms with Gasteiger partial charge in [-0.05, 0) is 57.4 Å². The highest BCUT2D eigenvalue weighted by atomic mass is 19.1. The zero-order valence-corrected chi connectivity index (χ0v) is 13.0. The van der Waals surface area contributed by atoms with Crippen molar-refractivity contribution in [1.29, 1.82) is 0 Å². The molecule has 4 rings (SSSR count). The lowest BCUT2D eigenvalue weighted by molar-refractivity contribution is -0.388. The van der Waals surface area contributed by atoms with E-state index in [9.17, 15) is 14.5 Å². The fraction of sp³-hybridized carbons (Fsp3) is 0. The molecule has 0 saturated carbocycles. The fourth-order valence-corrected chi connectivity index (χ4v) is 2.84. The van der Waals surface area contributed by atoms with Crippen LogP contribution in [0.25, 0.3) is 27.8 Å². The van der Waals surface area contributed by atoms with Crippen molar-refractivity contribution in [1.82, 2.24) is 9.38 Å². The number of rotatable bonds is 3. The molecule has 0 atom stereocenters. The summed E-state index contributed by atoms with van der Waals surface area (Å²) in [6.45, 7) is 0. The summed E-state index contributed by atoms with van der Waals surface area (Å²) in [6.07, 6.45) is 5.14. The molecule has 0 amide bonds. The highest BCUT2D eigenvalue weighted by Gasteiger charge is 2.17. The zero-order valence-electron chi connectivity index (χ0n) is 13.0. The Morgan fingerprint density at radius 1 is 0.960 bits per heavy atom. The van der Waals surface area contributed by atoms with Gasteiger partial charge in [-0.25, -0.2) is 4.39 Å². The van der Waals surface area contributed by atoms with Crippen molar-refractivity contribution in [3.8, 4) is 22.3 Å². The summed E-state index contributed by atoms with van der Waals surface area (Å²) in [5.41, 5.74) is 3.91. The molecule has 0 aliphatic rings. The molecule has 0 fully saturated rings. The van der Waals surface area contributed by atoms with E-state index in [1.165, 1.54) is 18.3 Å². The van der Waals surface area contributed by atoms with Crippen LogP contribution in [-0.2, 0) is 0 Å². The van der Waals surface area contributed by atoms with Crippen LogP contribution >= 0.6 is 0 Å². The van der Waals surface area contributed by atoms with Gasteiger partial charge in [0.25, 0.3) is 0 Å². The minimum Gasteiger partial charge on any atom is -0.358 e. The average Bonchev–Trinajstić information content (AvgIpc) is 3.05. The van der Waals surface area contributed by atoms with Crippen molar-refractivity contribution >= 4 is 11.3 Å². The van der Waals surface area contributed by atoms with Crippen molar-refractivity contribution in [3.63, 3.8) is 0 Å². The number of pyridine rings is 2. The predicted octanol–water partition coefficient (Wildman–Crippen LogP) is 4.72. The van der Waals surface area contributed by atoms with E-state index >= 15 is 0 Å². The summed E-state index contributed by atoms with van der Waals surface area (Å²) in [5, 5.41) is 11.2. The molecule has 5 nitrogen and oxygen atoms in total. The van der Waals surface area contributed by atoms with Gasteiger partial charge >= 0.3 is 5.82 Å². The fourth-order valence-electron chi connectivity index (χ4n) is 2.84. The van der Waals surface area contributed by atoms with Crippen LogP contribution < -0.4 is 0 Å². The van der Waals surface area contributed by atoms with E-state index in [-0.39, 0.29) is 11.6 Å². The Labute approximate surface area is 142 Å². The molecule has 122 valence electrons. The van der Waals surface area contributed by atoms with Gasteiger partial charge in [0.2, 0.25) is 0 Å². The standard InChI is InChI=1S/C19H12FN3O2/c20-16-6-3-13(4-7-16)14-5-8-17-10-15(12-22(17)11-14)18-2-1-9-21-19(18)23(24)25/h1-12H. The molecule has 25 heavy (non-hydrogen) atoms. The molecule has 0 spiro atoms. The van der Waals surface area contributed by atoms with Gasteiger partial charge in [-0.15, -0.1) is 0 Å². The molecule has 0 saturated heterocycles. The molecule has 0 radical (unpaired) electrons. The van der Waals surface area contributed by atoms with Crippen LogP contribution in [-0.4, -0.2) is 14.3 Å². The van der Waals surface area contributed by atoms with Crippen molar-refractivity contribution < 1.29 is 9.31 Å². The molecule has 6 heteroatoms. The molecule has 3 aromatic heterocycles. The molecule has 0 N–H and O–H groups in total. The third kappa shape index (κ3) is 2.74. The second-order valence-corrected chi connectivity index (χ2v) is 5.62. The maximum absolute atomic E-state index is 13.1. The zero-order chi connectivity index (χ0) is 17.4. The number of hydrogen-bond donors (Lipinski definition) is 0. The highest BCUT2D eigenvalue weighted by molar-refractivity contribution is 5.76. The summed E-state index contributed by atoms with van der Waals surface area (Å²) < 4.78 is 15.0. The lowest BCUT2D eigenvalue weighted by Crippen LogP contribution is -1.94. The van der Waals surface area contributed by atoms with E-state index in [0.717, 1.165) is 22.2 Å². The third-order valence-corrected chi connectivity index (χ3v) is 4.04. The Bertz CT molecular complexity index is 1090. The number of nitrogens with zero attached hydrogens (tertiary/aromatic N) is 3. The Hall–Kier alpha value is -3.54. The minimum atomic E-state index is -0.485. The normalized spacial score (nSPS) is 10.9. The Kier molecular flexibility index (Phi) is 3.50. The first kappa shape index (κ1) is 15.0. The van der Waals surface area contributed by atoms with Gasteiger partial charge in [-0.1, -0.05) is 18.2 Å². The second-order valence-electron chi connectivity index (χ2n) is 5.62. The quantitative estimate of drug-likeness (QED) is 0.403. The Morgan fingerprint density at radius 3 is 2.44 bits per heavy atom. The summed E-state index contributed by atoms with van der Waals surface area (Å²) in [5.74, 6) is -0.450. The monoisotopic (exact) mass is 333 g/mol. The lowest BCUT2D eigenvalue weighted by Gasteiger charge is -2.03. The number of nitro groups is 1. The number of halogens is 1. The third-order valence-electron chi connectivity index (χ3n) is 4.04. The van der Waals surface area contributed by atoms with Crippen LogP contribution in [0.1, 0.15) is 0 Å². The summed E-state index contributed by atoms with van der Waals surface area (Å²) in [6, 6.07) is 15.3. The molecule has 3 heterocycles. The second kappa shape index (κ2) is 5.83. The molecule has 0 aliphatic carbocycles. The van der Waals surface area contributed by atoms with Gasteiger partial charge in [0, 0.05) is 23.5 Å². The van der Waals surface area contributed by atoms with Gasteiger partial charge < -0.3 is 14.5 Å². The Balaban J connectivity index is 1.81. The van der Waals surface area contributed by atoms with Gasteiger partial charge in [-0.2, -0.15) is 0 Å². The first-order valence-corrected chi connectivity index (χ1v) is 7.59. The van der Waals surface area contributed by atoms with Crippen molar-refractivity contribution in [2.45, 2.75) is 0 Å². The SMILES string of the molecule is O=[N+]([O-])c1ncccc1-c1cc2ccc(-c3ccc(F)cc3)cn2c1. The average molecular weight is 333 g/mol.